The maximum absolute atomic E-state index is 12.6. The Morgan fingerprint density at radius 2 is 2.03 bits per heavy atom. The Morgan fingerprint density at radius 3 is 2.76 bits per heavy atom. The molecule has 2 aliphatic rings. The number of thiophene rings is 1. The summed E-state index contributed by atoms with van der Waals surface area (Å²) in [5, 5.41) is 3.68. The molecule has 0 atom stereocenters. The van der Waals surface area contributed by atoms with Crippen LogP contribution in [0.5, 0.6) is 0 Å². The number of amides is 2. The monoisotopic (exact) mass is 492 g/mol. The van der Waals surface area contributed by atoms with Gasteiger partial charge in [-0.15, -0.1) is 11.3 Å². The summed E-state index contributed by atoms with van der Waals surface area (Å²) in [5.74, 6) is 2.07. The molecule has 10 heteroatoms. The van der Waals surface area contributed by atoms with Gasteiger partial charge in [-0.3, -0.25) is 9.59 Å². The van der Waals surface area contributed by atoms with Crippen molar-refractivity contribution in [2.24, 2.45) is 0 Å². The lowest BCUT2D eigenvalue weighted by atomic mass is 10.1. The number of hydrogen-bond acceptors (Lipinski definition) is 7. The number of carbonyl (C=O) groups excluding carboxylic acids is 2. The number of nitrogens with one attached hydrogen (secondary N) is 2. The summed E-state index contributed by atoms with van der Waals surface area (Å²) in [4.78, 5) is 48.6. The summed E-state index contributed by atoms with van der Waals surface area (Å²) < 4.78 is 5.30. The van der Waals surface area contributed by atoms with E-state index in [-0.39, 0.29) is 17.5 Å². The van der Waals surface area contributed by atoms with Gasteiger partial charge in [-0.1, -0.05) is 0 Å². The molecule has 0 bridgehead atoms. The molecule has 1 aliphatic heterocycles. The number of hydrogen-bond donors (Lipinski definition) is 2. The Bertz CT molecular complexity index is 1080. The highest BCUT2D eigenvalue weighted by molar-refractivity contribution is 7.98. The van der Waals surface area contributed by atoms with Crippen LogP contribution in [0.15, 0.2) is 4.79 Å². The second-order valence-electron chi connectivity index (χ2n) is 9.65. The number of aryl methyl sites for hydroxylation is 2. The zero-order valence-electron chi connectivity index (χ0n) is 19.5. The van der Waals surface area contributed by atoms with Crippen LogP contribution in [0.2, 0.25) is 0 Å². The van der Waals surface area contributed by atoms with Gasteiger partial charge in [0, 0.05) is 36.2 Å². The van der Waals surface area contributed by atoms with E-state index in [1.54, 1.807) is 23.1 Å². The summed E-state index contributed by atoms with van der Waals surface area (Å²) in [5.41, 5.74) is 0.642. The van der Waals surface area contributed by atoms with E-state index in [1.165, 1.54) is 10.4 Å². The van der Waals surface area contributed by atoms with Gasteiger partial charge >= 0.3 is 6.09 Å². The predicted octanol–water partition coefficient (Wildman–Crippen LogP) is 3.61. The third-order valence-electron chi connectivity index (χ3n) is 5.89. The van der Waals surface area contributed by atoms with Crippen LogP contribution < -0.4 is 10.9 Å². The molecular weight excluding hydrogens is 460 g/mol. The Hall–Kier alpha value is -2.07. The van der Waals surface area contributed by atoms with Gasteiger partial charge in [0.25, 0.3) is 5.56 Å². The van der Waals surface area contributed by atoms with Crippen molar-refractivity contribution in [3.63, 3.8) is 0 Å². The fourth-order valence-electron chi connectivity index (χ4n) is 4.35. The smallest absolute Gasteiger partial charge is 0.407 e. The lowest BCUT2D eigenvalue weighted by Gasteiger charge is -2.33. The van der Waals surface area contributed by atoms with E-state index >= 15 is 0 Å². The summed E-state index contributed by atoms with van der Waals surface area (Å²) in [6.07, 6.45) is 4.67. The zero-order valence-corrected chi connectivity index (χ0v) is 21.1. The molecule has 2 amide bonds. The Morgan fingerprint density at radius 1 is 1.27 bits per heavy atom. The fraction of sp³-hybridized carbons (Fsp3) is 0.652. The van der Waals surface area contributed by atoms with Crippen LogP contribution in [0.1, 0.15) is 62.7 Å². The molecule has 1 fully saturated rings. The van der Waals surface area contributed by atoms with E-state index in [9.17, 15) is 14.4 Å². The van der Waals surface area contributed by atoms with E-state index < -0.39 is 11.7 Å². The van der Waals surface area contributed by atoms with E-state index in [2.05, 4.69) is 15.3 Å². The first kappa shape index (κ1) is 24.1. The molecule has 1 aliphatic carbocycles. The number of ether oxygens (including phenoxy) is 1. The van der Waals surface area contributed by atoms with Crippen LogP contribution in [0.25, 0.3) is 10.2 Å². The number of aromatic nitrogens is 2. The van der Waals surface area contributed by atoms with E-state index in [4.69, 9.17) is 4.74 Å². The van der Waals surface area contributed by atoms with E-state index in [0.29, 0.717) is 36.8 Å². The molecule has 4 rings (SSSR count). The normalized spacial score (nSPS) is 16.8. The van der Waals surface area contributed by atoms with Crippen LogP contribution in [0.4, 0.5) is 4.79 Å². The van der Waals surface area contributed by atoms with Crippen molar-refractivity contribution in [1.29, 1.82) is 0 Å². The number of fused-ring (bicyclic) bond motifs is 3. The minimum absolute atomic E-state index is 0.0334. The second kappa shape index (κ2) is 10.0. The minimum Gasteiger partial charge on any atom is -0.444 e. The van der Waals surface area contributed by atoms with Crippen LogP contribution in [-0.2, 0) is 28.1 Å². The quantitative estimate of drug-likeness (QED) is 0.597. The number of rotatable bonds is 6. The Labute approximate surface area is 201 Å². The van der Waals surface area contributed by atoms with Crippen molar-refractivity contribution in [1.82, 2.24) is 20.2 Å². The van der Waals surface area contributed by atoms with Crippen LogP contribution in [-0.4, -0.2) is 57.4 Å². The van der Waals surface area contributed by atoms with Crippen molar-refractivity contribution in [3.05, 3.63) is 26.6 Å². The summed E-state index contributed by atoms with van der Waals surface area (Å²) in [7, 11) is 0. The van der Waals surface area contributed by atoms with Gasteiger partial charge in [-0.05, 0) is 58.4 Å². The molecule has 0 spiro atoms. The van der Waals surface area contributed by atoms with Gasteiger partial charge in [0.1, 0.15) is 16.3 Å². The standard InChI is InChI=1S/C23H32N4O4S2/c1-23(2,3)31-22(30)24-14-7-10-27(11-8-14)18(28)9-12-32-13-17-25-20(29)19-15-5-4-6-16(15)33-21(19)26-17/h14H,4-13H2,1-3H3,(H,24,30)(H,25,26,29). The Kier molecular flexibility index (Phi) is 7.33. The first-order chi connectivity index (χ1) is 15.7. The maximum Gasteiger partial charge on any atom is 0.407 e. The van der Waals surface area contributed by atoms with E-state index in [1.807, 2.05) is 25.7 Å². The van der Waals surface area contributed by atoms with Crippen LogP contribution >= 0.6 is 23.1 Å². The molecule has 2 aromatic heterocycles. The molecule has 2 aromatic rings. The van der Waals surface area contributed by atoms with Crippen molar-refractivity contribution in [3.8, 4) is 0 Å². The molecule has 3 heterocycles. The van der Waals surface area contributed by atoms with Crippen molar-refractivity contribution >= 4 is 45.3 Å². The van der Waals surface area contributed by atoms with Crippen molar-refractivity contribution in [2.75, 3.05) is 18.8 Å². The summed E-state index contributed by atoms with van der Waals surface area (Å²) >= 11 is 3.26. The molecule has 180 valence electrons. The number of nitrogens with zero attached hydrogens (tertiary/aromatic N) is 2. The molecule has 0 unspecified atom stereocenters. The highest BCUT2D eigenvalue weighted by Gasteiger charge is 2.26. The topological polar surface area (TPSA) is 104 Å². The SMILES string of the molecule is CC(C)(C)OC(=O)NC1CCN(C(=O)CCSCc2nc3sc4c(c3c(=O)[nH]2)CCC4)CC1. The number of aromatic amines is 1. The molecule has 33 heavy (non-hydrogen) atoms. The lowest BCUT2D eigenvalue weighted by Crippen LogP contribution is -2.47. The predicted molar refractivity (Wildman–Crippen MR) is 132 cm³/mol. The number of carbonyl (C=O) groups is 2. The van der Waals surface area contributed by atoms with Gasteiger partial charge in [0.2, 0.25) is 5.91 Å². The number of thioether (sulfide) groups is 1. The first-order valence-electron chi connectivity index (χ1n) is 11.6. The molecule has 0 radical (unpaired) electrons. The highest BCUT2D eigenvalue weighted by Crippen LogP contribution is 2.34. The third-order valence-corrected chi connectivity index (χ3v) is 8.05. The van der Waals surface area contributed by atoms with Gasteiger partial charge in [0.15, 0.2) is 0 Å². The van der Waals surface area contributed by atoms with E-state index in [0.717, 1.165) is 42.3 Å². The average molecular weight is 493 g/mol. The number of alkyl carbamates (subject to hydrolysis) is 1. The number of likely N-dealkylation sites (tertiary alicyclic amines) is 1. The number of piperidine rings is 1. The van der Waals surface area contributed by atoms with Crippen molar-refractivity contribution in [2.45, 2.75) is 76.7 Å². The molecule has 8 nitrogen and oxygen atoms in total. The largest absolute Gasteiger partial charge is 0.444 e. The van der Waals surface area contributed by atoms with Crippen LogP contribution in [0.3, 0.4) is 0 Å². The summed E-state index contributed by atoms with van der Waals surface area (Å²) in [6, 6.07) is 0.0368. The molecule has 2 N–H and O–H groups in total. The van der Waals surface area contributed by atoms with Gasteiger partial charge in [0.05, 0.1) is 11.1 Å². The summed E-state index contributed by atoms with van der Waals surface area (Å²) in [6.45, 7) is 6.79. The number of H-pyrrole nitrogens is 1. The highest BCUT2D eigenvalue weighted by atomic mass is 32.2. The van der Waals surface area contributed by atoms with Gasteiger partial charge in [-0.2, -0.15) is 11.8 Å². The zero-order chi connectivity index (χ0) is 23.6. The third kappa shape index (κ3) is 6.09. The molecule has 0 aromatic carbocycles. The van der Waals surface area contributed by atoms with Crippen LogP contribution in [0, 0.1) is 0 Å². The molecular formula is C23H32N4O4S2. The van der Waals surface area contributed by atoms with Gasteiger partial charge in [-0.25, -0.2) is 9.78 Å². The minimum atomic E-state index is -0.517. The lowest BCUT2D eigenvalue weighted by molar-refractivity contribution is -0.131. The fourth-order valence-corrected chi connectivity index (χ4v) is 6.42. The molecule has 1 saturated heterocycles. The average Bonchev–Trinajstić information content (AvgIpc) is 3.31. The van der Waals surface area contributed by atoms with Crippen molar-refractivity contribution < 1.29 is 14.3 Å². The Balaban J connectivity index is 1.18. The maximum atomic E-state index is 12.6. The second-order valence-corrected chi connectivity index (χ2v) is 11.8. The first-order valence-corrected chi connectivity index (χ1v) is 13.6. The van der Waals surface area contributed by atoms with Gasteiger partial charge < -0.3 is 19.9 Å². The molecule has 0 saturated carbocycles.